The van der Waals surface area contributed by atoms with Crippen LogP contribution in [0.4, 0.5) is 17.1 Å². The van der Waals surface area contributed by atoms with Gasteiger partial charge in [0.05, 0.1) is 0 Å². The molecule has 10 aromatic carbocycles. The molecule has 0 bridgehead atoms. The highest BCUT2D eigenvalue weighted by Crippen LogP contribution is 2.43. The van der Waals surface area contributed by atoms with Gasteiger partial charge in [-0.25, -0.2) is 0 Å². The highest BCUT2D eigenvalue weighted by atomic mass is 32.1. The molecule has 1 aromatic heterocycles. The Bertz CT molecular complexity index is 3340. The molecular formula is C56H37NS. The maximum absolute atomic E-state index is 3.38. The van der Waals surface area contributed by atoms with Crippen LogP contribution < -0.4 is 4.90 Å². The molecule has 0 unspecified atom stereocenters. The van der Waals surface area contributed by atoms with E-state index in [1.54, 1.807) is 0 Å². The molecule has 58 heavy (non-hydrogen) atoms. The van der Waals surface area contributed by atoms with Gasteiger partial charge in [0.25, 0.3) is 0 Å². The fourth-order valence-electron chi connectivity index (χ4n) is 8.67. The second-order valence-corrected chi connectivity index (χ2v) is 16.3. The molecule has 0 saturated heterocycles. The number of hydrogen-bond donors (Lipinski definition) is 0. The zero-order valence-electron chi connectivity index (χ0n) is 32.0. The Labute approximate surface area is 342 Å². The predicted molar refractivity (Wildman–Crippen MR) is 249 cm³/mol. The number of hydrogen-bond acceptors (Lipinski definition) is 2. The summed E-state index contributed by atoms with van der Waals surface area (Å²) in [5.41, 5.74) is 12.1. The van der Waals surface area contributed by atoms with E-state index in [9.17, 15) is 0 Å². The van der Waals surface area contributed by atoms with Crippen LogP contribution in [0.25, 0.3) is 74.7 Å². The van der Waals surface area contributed by atoms with Crippen molar-refractivity contribution in [3.05, 3.63) is 223 Å². The Morgan fingerprint density at radius 3 is 1.98 bits per heavy atom. The van der Waals surface area contributed by atoms with E-state index in [2.05, 4.69) is 218 Å². The number of anilines is 3. The Hall–Kier alpha value is -7.18. The lowest BCUT2D eigenvalue weighted by molar-refractivity contribution is 1.18. The van der Waals surface area contributed by atoms with Crippen LogP contribution >= 0.6 is 11.3 Å². The van der Waals surface area contributed by atoms with Gasteiger partial charge in [-0.05, 0) is 141 Å². The maximum Gasteiger partial charge on any atom is 0.0476 e. The lowest BCUT2D eigenvalue weighted by atomic mass is 9.89. The Balaban J connectivity index is 1.08. The fourth-order valence-corrected chi connectivity index (χ4v) is 9.81. The van der Waals surface area contributed by atoms with Crippen LogP contribution in [0.2, 0.25) is 0 Å². The summed E-state index contributed by atoms with van der Waals surface area (Å²) in [6.45, 7) is 2.24. The third-order valence-corrected chi connectivity index (χ3v) is 12.8. The van der Waals surface area contributed by atoms with Gasteiger partial charge in [-0.1, -0.05) is 140 Å². The molecule has 1 heterocycles. The Morgan fingerprint density at radius 1 is 0.431 bits per heavy atom. The smallest absolute Gasteiger partial charge is 0.0476 e. The summed E-state index contributed by atoms with van der Waals surface area (Å²) < 4.78 is 2.60. The van der Waals surface area contributed by atoms with Gasteiger partial charge in [-0.2, -0.15) is 0 Å². The summed E-state index contributed by atoms with van der Waals surface area (Å²) in [4.78, 5) is 2.44. The molecule has 0 radical (unpaired) electrons. The van der Waals surface area contributed by atoms with Crippen molar-refractivity contribution in [2.75, 3.05) is 4.90 Å². The molecule has 0 fully saturated rings. The molecular weight excluding hydrogens is 719 g/mol. The minimum absolute atomic E-state index is 0.808. The van der Waals surface area contributed by atoms with Gasteiger partial charge >= 0.3 is 0 Å². The minimum atomic E-state index is 0.808. The van der Waals surface area contributed by atoms with Crippen molar-refractivity contribution in [2.45, 2.75) is 13.3 Å². The van der Waals surface area contributed by atoms with Crippen molar-refractivity contribution < 1.29 is 0 Å². The van der Waals surface area contributed by atoms with Crippen molar-refractivity contribution in [1.29, 1.82) is 0 Å². The SMILES string of the molecule is Cc1ccc(-c2ccc3c#cc4ccccc4c3c2)cc1-c1ccc(N(c2ccc3ccccc3c2)c2ccc3c(c2)sc2ccccc23)cc1Cc1ccccc1. The topological polar surface area (TPSA) is 3.24 Å². The van der Waals surface area contributed by atoms with Crippen molar-refractivity contribution >= 4 is 80.9 Å². The Morgan fingerprint density at radius 2 is 1.09 bits per heavy atom. The number of rotatable bonds is 7. The number of fused-ring (bicyclic) bond motifs is 7. The van der Waals surface area contributed by atoms with Gasteiger partial charge in [-0.3, -0.25) is 0 Å². The second-order valence-electron chi connectivity index (χ2n) is 15.2. The predicted octanol–water partition coefficient (Wildman–Crippen LogP) is 15.8. The fraction of sp³-hybridized carbons (Fsp3) is 0.0357. The monoisotopic (exact) mass is 755 g/mol. The summed E-state index contributed by atoms with van der Waals surface area (Å²) in [6.07, 6.45) is 0.808. The molecule has 2 heteroatoms. The van der Waals surface area contributed by atoms with E-state index >= 15 is 0 Å². The lowest BCUT2D eigenvalue weighted by Gasteiger charge is -2.27. The van der Waals surface area contributed by atoms with E-state index in [4.69, 9.17) is 0 Å². The molecule has 0 spiro atoms. The largest absolute Gasteiger partial charge is 0.310 e. The van der Waals surface area contributed by atoms with Crippen LogP contribution in [-0.2, 0) is 6.42 Å². The third-order valence-electron chi connectivity index (χ3n) is 11.6. The zero-order valence-corrected chi connectivity index (χ0v) is 32.9. The normalized spacial score (nSPS) is 11.5. The van der Waals surface area contributed by atoms with Crippen molar-refractivity contribution in [1.82, 2.24) is 0 Å². The summed E-state index contributed by atoms with van der Waals surface area (Å²) in [5.74, 6) is 0. The first-order valence-electron chi connectivity index (χ1n) is 19.9. The van der Waals surface area contributed by atoms with Crippen LogP contribution in [0, 0.1) is 19.1 Å². The number of aryl methyl sites for hydroxylation is 1. The maximum atomic E-state index is 3.38. The molecule has 1 nitrogen and oxygen atoms in total. The summed E-state index contributed by atoms with van der Waals surface area (Å²) in [7, 11) is 0. The van der Waals surface area contributed by atoms with Crippen LogP contribution in [0.5, 0.6) is 0 Å². The van der Waals surface area contributed by atoms with E-state index in [1.165, 1.54) is 80.7 Å². The van der Waals surface area contributed by atoms with Gasteiger partial charge in [0, 0.05) is 48.0 Å². The highest BCUT2D eigenvalue weighted by Gasteiger charge is 2.19. The first-order chi connectivity index (χ1) is 28.6. The van der Waals surface area contributed by atoms with E-state index in [0.29, 0.717) is 0 Å². The zero-order chi connectivity index (χ0) is 38.6. The van der Waals surface area contributed by atoms with E-state index in [1.807, 2.05) is 11.3 Å². The minimum Gasteiger partial charge on any atom is -0.310 e. The molecule has 11 aromatic rings. The average molecular weight is 756 g/mol. The summed E-state index contributed by atoms with van der Waals surface area (Å²) in [6, 6.07) is 78.0. The standard InChI is InChI=1S/C56H37NS/c1-37-19-20-43(44-24-23-41-22-21-40-14-7-8-16-49(40)54(41)35-44)34-53(37)50-29-27-47(33-45(50)31-38-11-3-2-4-12-38)57(46-26-25-39-13-5-6-15-42(39)32-46)48-28-30-52-51-17-9-10-18-55(51)58-56(52)36-48/h2-20,23-30,32-36H,31H2,1H3. The van der Waals surface area contributed by atoms with Crippen molar-refractivity contribution in [2.24, 2.45) is 0 Å². The molecule has 0 N–H and O–H groups in total. The molecule has 0 aliphatic heterocycles. The molecule has 0 saturated carbocycles. The molecule has 11 rings (SSSR count). The van der Waals surface area contributed by atoms with E-state index < -0.39 is 0 Å². The molecule has 0 atom stereocenters. The van der Waals surface area contributed by atoms with Gasteiger partial charge in [0.15, 0.2) is 0 Å². The highest BCUT2D eigenvalue weighted by molar-refractivity contribution is 7.25. The first kappa shape index (κ1) is 34.1. The summed E-state index contributed by atoms with van der Waals surface area (Å²) >= 11 is 1.86. The average Bonchev–Trinajstić information content (AvgIpc) is 3.65. The molecule has 0 aliphatic carbocycles. The quantitative estimate of drug-likeness (QED) is 0.157. The van der Waals surface area contributed by atoms with Crippen LogP contribution in [-0.4, -0.2) is 0 Å². The number of benzene rings is 9. The number of thiophene rings is 1. The number of nitrogens with zero attached hydrogens (tertiary/aromatic N) is 1. The van der Waals surface area contributed by atoms with E-state index in [-0.39, 0.29) is 0 Å². The Kier molecular flexibility index (Phi) is 8.28. The van der Waals surface area contributed by atoms with Crippen LogP contribution in [0.15, 0.2) is 194 Å². The molecule has 272 valence electrons. The lowest BCUT2D eigenvalue weighted by Crippen LogP contribution is -2.11. The van der Waals surface area contributed by atoms with Gasteiger partial charge in [-0.15, -0.1) is 11.3 Å². The first-order valence-corrected chi connectivity index (χ1v) is 20.7. The van der Waals surface area contributed by atoms with Crippen molar-refractivity contribution in [3.8, 4) is 22.3 Å². The third kappa shape index (κ3) is 6.05. The van der Waals surface area contributed by atoms with Gasteiger partial charge in [0.2, 0.25) is 0 Å². The second kappa shape index (κ2) is 14.1. The van der Waals surface area contributed by atoms with Crippen LogP contribution in [0.1, 0.15) is 16.7 Å². The summed E-state index contributed by atoms with van der Waals surface area (Å²) in [5, 5.41) is 9.64. The van der Waals surface area contributed by atoms with Crippen molar-refractivity contribution in [3.63, 3.8) is 0 Å². The van der Waals surface area contributed by atoms with E-state index in [0.717, 1.165) is 34.3 Å². The van der Waals surface area contributed by atoms with Crippen LogP contribution in [0.3, 0.4) is 0 Å². The van der Waals surface area contributed by atoms with Gasteiger partial charge < -0.3 is 4.90 Å². The molecule has 0 amide bonds. The molecule has 0 aliphatic rings. The van der Waals surface area contributed by atoms with Gasteiger partial charge in [0.1, 0.15) is 0 Å².